The van der Waals surface area contributed by atoms with Crippen molar-refractivity contribution in [3.05, 3.63) is 41.5 Å². The van der Waals surface area contributed by atoms with E-state index in [2.05, 4.69) is 15.8 Å². The first kappa shape index (κ1) is 41.7. The molecule has 3 atom stereocenters. The Labute approximate surface area is 349 Å². The van der Waals surface area contributed by atoms with E-state index in [-0.39, 0.29) is 93.9 Å². The van der Waals surface area contributed by atoms with Crippen molar-refractivity contribution in [3.8, 4) is 41.2 Å². The van der Waals surface area contributed by atoms with Crippen molar-refractivity contribution in [2.24, 2.45) is 11.3 Å². The van der Waals surface area contributed by atoms with E-state index in [1.165, 1.54) is 31.4 Å². The van der Waals surface area contributed by atoms with Crippen molar-refractivity contribution in [2.75, 3.05) is 77.7 Å². The molecule has 1 amide bonds. The number of phenols is 1. The number of aromatic nitrogens is 3. The smallest absolute Gasteiger partial charge is 0.409 e. The molecule has 15 heteroatoms. The number of aromatic hydroxyl groups is 1. The molecule has 3 aliphatic heterocycles. The first-order chi connectivity index (χ1) is 28.9. The number of benzene rings is 2. The number of methoxy groups -OCH3 is 1. The number of likely N-dealkylation sites (tertiary alicyclic amines) is 2. The summed E-state index contributed by atoms with van der Waals surface area (Å²) in [4.78, 5) is 32.9. The Bertz CT molecular complexity index is 2300. The van der Waals surface area contributed by atoms with E-state index in [1.807, 2.05) is 11.8 Å². The van der Waals surface area contributed by atoms with Crippen LogP contribution in [-0.4, -0.2) is 126 Å². The third-order valence-corrected chi connectivity index (χ3v) is 12.8. The zero-order valence-electron chi connectivity index (χ0n) is 34.6. The SMILES string of the molecule is C#Cc1c(F)ccc2cc(O)cc(-c3nc(OC)c4c(N5CCOC[C@@](C)(O)C5)nc(OC[C@]56CCC[C@H]5N(CC5CCN(C(=O)OCCC)CC5)CCC6)nc4c3F)c12. The van der Waals surface area contributed by atoms with E-state index in [4.69, 9.17) is 35.3 Å². The molecular weight excluding hydrogens is 775 g/mol. The van der Waals surface area contributed by atoms with E-state index in [1.54, 1.807) is 11.8 Å². The number of piperidine rings is 2. The van der Waals surface area contributed by atoms with E-state index in [9.17, 15) is 15.0 Å². The van der Waals surface area contributed by atoms with Gasteiger partial charge in [0.05, 0.1) is 45.6 Å². The van der Waals surface area contributed by atoms with Gasteiger partial charge in [-0.3, -0.25) is 4.90 Å². The Morgan fingerprint density at radius 3 is 2.63 bits per heavy atom. The monoisotopic (exact) mass is 828 g/mol. The largest absolute Gasteiger partial charge is 0.508 e. The lowest BCUT2D eigenvalue weighted by atomic mass is 9.75. The van der Waals surface area contributed by atoms with Crippen molar-refractivity contribution in [2.45, 2.75) is 76.9 Å². The van der Waals surface area contributed by atoms with Crippen LogP contribution in [0.5, 0.6) is 17.6 Å². The molecule has 13 nitrogen and oxygen atoms in total. The van der Waals surface area contributed by atoms with Crippen molar-refractivity contribution in [1.82, 2.24) is 24.8 Å². The second-order valence-electron chi connectivity index (χ2n) is 17.2. The van der Waals surface area contributed by atoms with E-state index < -0.39 is 17.2 Å². The number of carbonyl (C=O) groups is 1. The third-order valence-electron chi connectivity index (χ3n) is 12.8. The minimum absolute atomic E-state index is 0.0241. The Balaban J connectivity index is 1.15. The van der Waals surface area contributed by atoms with Crippen LogP contribution in [0.2, 0.25) is 0 Å². The molecule has 2 aromatic carbocycles. The number of terminal acetylenes is 1. The van der Waals surface area contributed by atoms with Crippen molar-refractivity contribution in [1.29, 1.82) is 0 Å². The lowest BCUT2D eigenvalue weighted by Gasteiger charge is -2.47. The van der Waals surface area contributed by atoms with Gasteiger partial charge in [-0.15, -0.1) is 6.42 Å². The molecular formula is C45H54F2N6O7. The van der Waals surface area contributed by atoms with Crippen LogP contribution in [-0.2, 0) is 9.47 Å². The zero-order chi connectivity index (χ0) is 42.2. The van der Waals surface area contributed by atoms with Crippen LogP contribution in [0, 0.1) is 35.3 Å². The molecule has 0 spiro atoms. The molecule has 3 saturated heterocycles. The fraction of sp³-hybridized carbons (Fsp3) is 0.556. The maximum Gasteiger partial charge on any atom is 0.409 e. The van der Waals surface area contributed by atoms with Gasteiger partial charge in [-0.25, -0.2) is 18.6 Å². The molecule has 320 valence electrons. The predicted octanol–water partition coefficient (Wildman–Crippen LogP) is 6.68. The number of ether oxygens (including phenoxy) is 4. The van der Waals surface area contributed by atoms with Gasteiger partial charge in [0.1, 0.15) is 39.6 Å². The number of hydrogen-bond donors (Lipinski definition) is 2. The van der Waals surface area contributed by atoms with E-state index in [0.717, 1.165) is 64.5 Å². The summed E-state index contributed by atoms with van der Waals surface area (Å²) in [5.74, 6) is 1.33. The normalized spacial score (nSPS) is 24.0. The average Bonchev–Trinajstić information content (AvgIpc) is 3.59. The van der Waals surface area contributed by atoms with Gasteiger partial charge in [0.2, 0.25) is 5.88 Å². The third kappa shape index (κ3) is 8.09. The van der Waals surface area contributed by atoms with Crippen LogP contribution in [0.25, 0.3) is 32.9 Å². The number of fused-ring (bicyclic) bond motifs is 3. The Hall–Kier alpha value is -5.04. The average molecular weight is 829 g/mol. The van der Waals surface area contributed by atoms with Gasteiger partial charge in [0.25, 0.3) is 0 Å². The van der Waals surface area contributed by atoms with Gasteiger partial charge in [0, 0.05) is 48.6 Å². The zero-order valence-corrected chi connectivity index (χ0v) is 34.6. The molecule has 4 aromatic rings. The van der Waals surface area contributed by atoms with Crippen LogP contribution in [0.15, 0.2) is 24.3 Å². The molecule has 2 aromatic heterocycles. The van der Waals surface area contributed by atoms with Crippen molar-refractivity contribution < 1.29 is 42.7 Å². The van der Waals surface area contributed by atoms with Crippen molar-refractivity contribution >= 4 is 33.6 Å². The molecule has 1 aliphatic carbocycles. The van der Waals surface area contributed by atoms with E-state index in [0.29, 0.717) is 44.2 Å². The molecule has 2 N–H and O–H groups in total. The number of amides is 1. The Morgan fingerprint density at radius 2 is 1.87 bits per heavy atom. The topological polar surface area (TPSA) is 143 Å². The number of rotatable bonds is 10. The fourth-order valence-corrected chi connectivity index (χ4v) is 10.0. The van der Waals surface area contributed by atoms with Gasteiger partial charge in [0.15, 0.2) is 5.82 Å². The lowest BCUT2D eigenvalue weighted by molar-refractivity contribution is -0.0127. The van der Waals surface area contributed by atoms with Gasteiger partial charge >= 0.3 is 12.1 Å². The number of nitrogens with zero attached hydrogens (tertiary/aromatic N) is 6. The second kappa shape index (κ2) is 17.1. The van der Waals surface area contributed by atoms with Crippen molar-refractivity contribution in [3.63, 3.8) is 0 Å². The number of anilines is 1. The Kier molecular flexibility index (Phi) is 11.9. The van der Waals surface area contributed by atoms with Crippen LogP contribution >= 0.6 is 0 Å². The maximum absolute atomic E-state index is 17.4. The molecule has 8 rings (SSSR count). The first-order valence-electron chi connectivity index (χ1n) is 21.1. The molecule has 4 fully saturated rings. The molecule has 0 bridgehead atoms. The van der Waals surface area contributed by atoms with E-state index >= 15 is 8.78 Å². The number of carbonyl (C=O) groups excluding carboxylic acids is 1. The highest BCUT2D eigenvalue weighted by Gasteiger charge is 2.49. The highest BCUT2D eigenvalue weighted by molar-refractivity contribution is 6.04. The van der Waals surface area contributed by atoms with Crippen LogP contribution in [0.1, 0.15) is 70.8 Å². The molecule has 4 aliphatic rings. The Morgan fingerprint density at radius 1 is 1.07 bits per heavy atom. The molecule has 5 heterocycles. The first-order valence-corrected chi connectivity index (χ1v) is 21.1. The summed E-state index contributed by atoms with van der Waals surface area (Å²) in [6.45, 7) is 8.53. The minimum atomic E-state index is -1.26. The summed E-state index contributed by atoms with van der Waals surface area (Å²) in [5.41, 5.74) is -1.90. The maximum atomic E-state index is 17.4. The number of hydrogen-bond acceptors (Lipinski definition) is 12. The fourth-order valence-electron chi connectivity index (χ4n) is 10.0. The number of phenolic OH excluding ortho intramolecular Hbond substituents is 1. The number of halogens is 2. The van der Waals surface area contributed by atoms with Crippen LogP contribution in [0.3, 0.4) is 0 Å². The minimum Gasteiger partial charge on any atom is -0.508 e. The van der Waals surface area contributed by atoms with Gasteiger partial charge in [-0.2, -0.15) is 9.97 Å². The number of aliphatic hydroxyl groups is 1. The van der Waals surface area contributed by atoms with Gasteiger partial charge < -0.3 is 39.0 Å². The molecule has 60 heavy (non-hydrogen) atoms. The predicted molar refractivity (Wildman–Crippen MR) is 222 cm³/mol. The standard InChI is InChI=1S/C45H54F2N6O7/c1-5-20-59-43(55)51-17-12-28(13-18-51)24-52-16-8-15-45(14-7-9-34(45)52)27-60-42-49-39-36(40(50-42)53-19-21-58-26-44(3,56)25-53)41(57-4)48-38(37(39)47)32-23-30(54)22-29-10-11-33(46)31(6-2)35(29)32/h2,10-11,22-23,28,34,54,56H,5,7-9,12-21,24-27H2,1,3-4H3/t34-,44+,45-/m1/s1. The van der Waals surface area contributed by atoms with Crippen LogP contribution < -0.4 is 14.4 Å². The van der Waals surface area contributed by atoms with Gasteiger partial charge in [-0.05, 0) is 87.9 Å². The summed E-state index contributed by atoms with van der Waals surface area (Å²) in [7, 11) is 1.39. The molecule has 0 radical (unpaired) electrons. The number of β-amino-alcohol motifs (C(OH)–C–C–N with tert-alkyl or cyclic N) is 1. The van der Waals surface area contributed by atoms with Gasteiger partial charge in [-0.1, -0.05) is 25.3 Å². The summed E-state index contributed by atoms with van der Waals surface area (Å²) < 4.78 is 56.1. The highest BCUT2D eigenvalue weighted by Crippen LogP contribution is 2.49. The summed E-state index contributed by atoms with van der Waals surface area (Å²) >= 11 is 0. The van der Waals surface area contributed by atoms with Crippen LogP contribution in [0.4, 0.5) is 19.4 Å². The summed E-state index contributed by atoms with van der Waals surface area (Å²) in [6, 6.07) is 5.62. The molecule has 1 saturated carbocycles. The lowest BCUT2D eigenvalue weighted by Crippen LogP contribution is -2.54. The molecule has 0 unspecified atom stereocenters. The quantitative estimate of drug-likeness (QED) is 0.165. The summed E-state index contributed by atoms with van der Waals surface area (Å²) in [6.07, 6.45) is 13.3. The summed E-state index contributed by atoms with van der Waals surface area (Å²) in [5, 5.41) is 22.7. The highest BCUT2D eigenvalue weighted by atomic mass is 19.1. The number of pyridine rings is 1. The second-order valence-corrected chi connectivity index (χ2v) is 17.2.